The molecular weight excluding hydrogens is 248 g/mol. The molecule has 0 spiro atoms. The van der Waals surface area contributed by atoms with Crippen molar-refractivity contribution in [2.24, 2.45) is 0 Å². The van der Waals surface area contributed by atoms with Crippen molar-refractivity contribution >= 4 is 0 Å². The Balaban J connectivity index is 1.59. The molecule has 0 saturated carbocycles. The lowest BCUT2D eigenvalue weighted by Gasteiger charge is -2.09. The van der Waals surface area contributed by atoms with Crippen LogP contribution >= 0.6 is 0 Å². The van der Waals surface area contributed by atoms with Gasteiger partial charge in [0.2, 0.25) is 0 Å². The fourth-order valence-corrected chi connectivity index (χ4v) is 2.70. The van der Waals surface area contributed by atoms with E-state index in [4.69, 9.17) is 9.47 Å². The van der Waals surface area contributed by atoms with Gasteiger partial charge in [0.1, 0.15) is 11.5 Å². The first-order valence-corrected chi connectivity index (χ1v) is 7.16. The van der Waals surface area contributed by atoms with Gasteiger partial charge in [-0.3, -0.25) is 0 Å². The normalized spacial score (nSPS) is 12.9. The topological polar surface area (TPSA) is 18.5 Å². The smallest absolute Gasteiger partial charge is 0.122 e. The third-order valence-corrected chi connectivity index (χ3v) is 3.61. The van der Waals surface area contributed by atoms with E-state index in [0.29, 0.717) is 6.61 Å². The van der Waals surface area contributed by atoms with Gasteiger partial charge >= 0.3 is 0 Å². The predicted molar refractivity (Wildman–Crippen MR) is 80.8 cm³/mol. The van der Waals surface area contributed by atoms with E-state index < -0.39 is 0 Å². The second-order valence-corrected chi connectivity index (χ2v) is 5.46. The highest BCUT2D eigenvalue weighted by Gasteiger charge is 2.11. The van der Waals surface area contributed by atoms with Crippen LogP contribution in [-0.2, 0) is 12.8 Å². The number of hydrogen-bond donors (Lipinski definition) is 0. The molecule has 2 heteroatoms. The summed E-state index contributed by atoms with van der Waals surface area (Å²) in [7, 11) is 0. The Morgan fingerprint density at radius 2 is 1.85 bits per heavy atom. The summed E-state index contributed by atoms with van der Waals surface area (Å²) in [4.78, 5) is 0. The Bertz CT molecular complexity index is 597. The van der Waals surface area contributed by atoms with Crippen molar-refractivity contribution in [3.63, 3.8) is 0 Å². The average molecular weight is 268 g/mol. The number of rotatable bonds is 4. The Kier molecular flexibility index (Phi) is 3.64. The van der Waals surface area contributed by atoms with Crippen LogP contribution in [0.15, 0.2) is 36.4 Å². The Hall–Kier alpha value is -1.96. The molecule has 0 aliphatic carbocycles. The van der Waals surface area contributed by atoms with Gasteiger partial charge in [0.15, 0.2) is 0 Å². The third kappa shape index (κ3) is 2.96. The largest absolute Gasteiger partial charge is 0.493 e. The monoisotopic (exact) mass is 268 g/mol. The van der Waals surface area contributed by atoms with E-state index in [1.807, 2.05) is 0 Å². The Morgan fingerprint density at radius 1 is 1.05 bits per heavy atom. The maximum Gasteiger partial charge on any atom is 0.122 e. The molecule has 0 radical (unpaired) electrons. The van der Waals surface area contributed by atoms with E-state index in [2.05, 4.69) is 50.2 Å². The van der Waals surface area contributed by atoms with Gasteiger partial charge in [0.05, 0.1) is 13.2 Å². The second kappa shape index (κ2) is 5.58. The first-order valence-electron chi connectivity index (χ1n) is 7.16. The molecule has 0 aromatic heterocycles. The summed E-state index contributed by atoms with van der Waals surface area (Å²) in [6, 6.07) is 12.8. The van der Waals surface area contributed by atoms with Crippen LogP contribution in [0, 0.1) is 13.8 Å². The highest BCUT2D eigenvalue weighted by atomic mass is 16.5. The predicted octanol–water partition coefficient (Wildman–Crippen LogP) is 3.86. The molecule has 0 atom stereocenters. The first kappa shape index (κ1) is 13.0. The Labute approximate surface area is 120 Å². The van der Waals surface area contributed by atoms with Crippen molar-refractivity contribution in [1.29, 1.82) is 0 Å². The van der Waals surface area contributed by atoms with Gasteiger partial charge in [0, 0.05) is 12.8 Å². The van der Waals surface area contributed by atoms with Crippen molar-refractivity contribution in [3.05, 3.63) is 58.7 Å². The summed E-state index contributed by atoms with van der Waals surface area (Å²) in [6.45, 7) is 5.72. The Morgan fingerprint density at radius 3 is 2.65 bits per heavy atom. The molecular formula is C18H20O2. The molecule has 0 amide bonds. The molecule has 0 saturated heterocycles. The maximum atomic E-state index is 5.86. The molecule has 0 N–H and O–H groups in total. The molecule has 104 valence electrons. The van der Waals surface area contributed by atoms with Gasteiger partial charge in [0.25, 0.3) is 0 Å². The van der Waals surface area contributed by atoms with Gasteiger partial charge < -0.3 is 9.47 Å². The third-order valence-electron chi connectivity index (χ3n) is 3.61. The fraction of sp³-hybridized carbons (Fsp3) is 0.333. The molecule has 1 heterocycles. The van der Waals surface area contributed by atoms with Gasteiger partial charge in [-0.1, -0.05) is 18.2 Å². The van der Waals surface area contributed by atoms with Crippen molar-refractivity contribution in [1.82, 2.24) is 0 Å². The summed E-state index contributed by atoms with van der Waals surface area (Å²) in [5, 5.41) is 0. The van der Waals surface area contributed by atoms with Crippen LogP contribution in [0.25, 0.3) is 0 Å². The van der Waals surface area contributed by atoms with Crippen molar-refractivity contribution in [2.45, 2.75) is 26.7 Å². The molecule has 2 nitrogen and oxygen atoms in total. The van der Waals surface area contributed by atoms with Crippen molar-refractivity contribution in [2.75, 3.05) is 13.2 Å². The molecule has 0 bridgehead atoms. The minimum absolute atomic E-state index is 0.711. The number of fused-ring (bicyclic) bond motifs is 1. The second-order valence-electron chi connectivity index (χ2n) is 5.46. The van der Waals surface area contributed by atoms with Crippen LogP contribution in [0.4, 0.5) is 0 Å². The van der Waals surface area contributed by atoms with Crippen LogP contribution in [-0.4, -0.2) is 13.2 Å². The van der Waals surface area contributed by atoms with Crippen LogP contribution in [0.2, 0.25) is 0 Å². The van der Waals surface area contributed by atoms with Crippen LogP contribution < -0.4 is 9.47 Å². The molecule has 1 aliphatic rings. The van der Waals surface area contributed by atoms with E-state index in [0.717, 1.165) is 30.9 Å². The van der Waals surface area contributed by atoms with E-state index in [1.165, 1.54) is 22.3 Å². The molecule has 2 aromatic carbocycles. The maximum absolute atomic E-state index is 5.86. The molecule has 3 rings (SSSR count). The van der Waals surface area contributed by atoms with Gasteiger partial charge in [-0.05, 0) is 54.3 Å². The molecule has 1 aliphatic heterocycles. The minimum atomic E-state index is 0.711. The van der Waals surface area contributed by atoms with Crippen LogP contribution in [0.5, 0.6) is 11.5 Å². The molecule has 20 heavy (non-hydrogen) atoms. The van der Waals surface area contributed by atoms with Gasteiger partial charge in [-0.15, -0.1) is 0 Å². The van der Waals surface area contributed by atoms with Crippen molar-refractivity contribution in [3.8, 4) is 11.5 Å². The average Bonchev–Trinajstić information content (AvgIpc) is 2.85. The lowest BCUT2D eigenvalue weighted by Crippen LogP contribution is -2.02. The number of benzene rings is 2. The highest BCUT2D eigenvalue weighted by molar-refractivity contribution is 5.40. The van der Waals surface area contributed by atoms with E-state index in [-0.39, 0.29) is 0 Å². The summed E-state index contributed by atoms with van der Waals surface area (Å²) in [6.07, 6.45) is 1.96. The first-order chi connectivity index (χ1) is 9.70. The zero-order valence-electron chi connectivity index (χ0n) is 12.1. The molecule has 2 aromatic rings. The summed E-state index contributed by atoms with van der Waals surface area (Å²) < 4.78 is 11.4. The van der Waals surface area contributed by atoms with Crippen LogP contribution in [0.3, 0.4) is 0 Å². The SMILES string of the molecule is Cc1cc(C)cc(OCCc2ccc3c(c2)CCO3)c1. The number of ether oxygens (including phenoxy) is 2. The van der Waals surface area contributed by atoms with E-state index >= 15 is 0 Å². The fourth-order valence-electron chi connectivity index (χ4n) is 2.70. The highest BCUT2D eigenvalue weighted by Crippen LogP contribution is 2.26. The van der Waals surface area contributed by atoms with E-state index in [1.54, 1.807) is 0 Å². The minimum Gasteiger partial charge on any atom is -0.493 e. The number of hydrogen-bond acceptors (Lipinski definition) is 2. The zero-order chi connectivity index (χ0) is 13.9. The lowest BCUT2D eigenvalue weighted by atomic mass is 10.1. The lowest BCUT2D eigenvalue weighted by molar-refractivity contribution is 0.321. The van der Waals surface area contributed by atoms with Crippen molar-refractivity contribution < 1.29 is 9.47 Å². The quantitative estimate of drug-likeness (QED) is 0.838. The molecule has 0 fully saturated rings. The van der Waals surface area contributed by atoms with Crippen LogP contribution in [0.1, 0.15) is 22.3 Å². The van der Waals surface area contributed by atoms with E-state index in [9.17, 15) is 0 Å². The standard InChI is InChI=1S/C18H20O2/c1-13-9-14(2)11-17(10-13)19-7-5-15-3-4-18-16(12-15)6-8-20-18/h3-4,9-12H,5-8H2,1-2H3. The summed E-state index contributed by atoms with van der Waals surface area (Å²) >= 11 is 0. The van der Waals surface area contributed by atoms with Gasteiger partial charge in [-0.25, -0.2) is 0 Å². The van der Waals surface area contributed by atoms with Gasteiger partial charge in [-0.2, -0.15) is 0 Å². The number of aryl methyl sites for hydroxylation is 2. The molecule has 0 unspecified atom stereocenters. The summed E-state index contributed by atoms with van der Waals surface area (Å²) in [5.74, 6) is 2.01. The summed E-state index contributed by atoms with van der Waals surface area (Å²) in [5.41, 5.74) is 5.14. The zero-order valence-corrected chi connectivity index (χ0v) is 12.1.